The molecule has 1 N–H and O–H groups in total. The Kier molecular flexibility index (Phi) is 7.46. The summed E-state index contributed by atoms with van der Waals surface area (Å²) in [5.74, 6) is -1.37. The van der Waals surface area contributed by atoms with Gasteiger partial charge in [0.1, 0.15) is 10.7 Å². The van der Waals surface area contributed by atoms with Crippen LogP contribution in [0.25, 0.3) is 11.3 Å². The monoisotopic (exact) mass is 549 g/mol. The summed E-state index contributed by atoms with van der Waals surface area (Å²) in [5, 5.41) is 3.16. The molecule has 3 aromatic carbocycles. The lowest BCUT2D eigenvalue weighted by Crippen LogP contribution is -2.41. The van der Waals surface area contributed by atoms with Crippen LogP contribution in [0.4, 0.5) is 9.52 Å². The van der Waals surface area contributed by atoms with Crippen LogP contribution in [0, 0.1) is 11.7 Å². The number of rotatable bonds is 7. The number of sulfonamides is 1. The molecule has 0 aliphatic carbocycles. The van der Waals surface area contributed by atoms with Crippen molar-refractivity contribution in [1.29, 1.82) is 0 Å². The van der Waals surface area contributed by atoms with Crippen LogP contribution in [0.3, 0.4) is 0 Å². The minimum absolute atomic E-state index is 0.0219. The molecule has 0 bridgehead atoms. The van der Waals surface area contributed by atoms with Gasteiger partial charge in [-0.25, -0.2) is 17.8 Å². The molecule has 5 rings (SSSR count). The quantitative estimate of drug-likeness (QED) is 0.319. The normalized spacial score (nSPS) is 14.8. The molecule has 0 radical (unpaired) electrons. The van der Waals surface area contributed by atoms with E-state index in [9.17, 15) is 22.4 Å². The van der Waals surface area contributed by atoms with Gasteiger partial charge in [-0.15, -0.1) is 0 Å². The van der Waals surface area contributed by atoms with Crippen LogP contribution in [-0.2, 0) is 14.8 Å². The van der Waals surface area contributed by atoms with Crippen molar-refractivity contribution in [1.82, 2.24) is 9.29 Å². The molecule has 38 heavy (non-hydrogen) atoms. The third-order valence-corrected chi connectivity index (χ3v) is 9.31. The second-order valence-corrected chi connectivity index (χ2v) is 11.8. The summed E-state index contributed by atoms with van der Waals surface area (Å²) in [4.78, 5) is 31.4. The Balaban J connectivity index is 1.31. The van der Waals surface area contributed by atoms with Gasteiger partial charge in [-0.2, -0.15) is 4.31 Å². The lowest BCUT2D eigenvalue weighted by Gasteiger charge is -2.30. The van der Waals surface area contributed by atoms with Crippen LogP contribution in [-0.4, -0.2) is 42.5 Å². The fraction of sp³-hybridized carbons (Fsp3) is 0.179. The molecule has 4 aromatic rings. The van der Waals surface area contributed by atoms with Gasteiger partial charge in [0.15, 0.2) is 5.13 Å². The van der Waals surface area contributed by atoms with E-state index in [1.165, 1.54) is 16.4 Å². The maximum Gasteiger partial charge on any atom is 0.243 e. The van der Waals surface area contributed by atoms with E-state index in [0.29, 0.717) is 34.1 Å². The van der Waals surface area contributed by atoms with Crippen molar-refractivity contribution in [2.24, 2.45) is 5.92 Å². The Morgan fingerprint density at radius 2 is 1.50 bits per heavy atom. The fourth-order valence-corrected chi connectivity index (χ4v) is 6.78. The van der Waals surface area contributed by atoms with Crippen molar-refractivity contribution >= 4 is 38.2 Å². The van der Waals surface area contributed by atoms with Gasteiger partial charge in [-0.05, 0) is 37.1 Å². The van der Waals surface area contributed by atoms with E-state index in [2.05, 4.69) is 10.3 Å². The number of aromatic nitrogens is 1. The highest BCUT2D eigenvalue weighted by Crippen LogP contribution is 2.34. The van der Waals surface area contributed by atoms with Crippen LogP contribution >= 0.6 is 11.3 Å². The largest absolute Gasteiger partial charge is 0.302 e. The van der Waals surface area contributed by atoms with Crippen molar-refractivity contribution in [2.45, 2.75) is 17.7 Å². The minimum atomic E-state index is -3.77. The number of piperidine rings is 1. The number of nitrogens with one attached hydrogen (secondary N) is 1. The maximum absolute atomic E-state index is 13.3. The number of anilines is 1. The van der Waals surface area contributed by atoms with Gasteiger partial charge in [0.05, 0.1) is 10.6 Å². The van der Waals surface area contributed by atoms with Crippen LogP contribution in [0.15, 0.2) is 89.8 Å². The highest BCUT2D eigenvalue weighted by Gasteiger charge is 2.33. The summed E-state index contributed by atoms with van der Waals surface area (Å²) < 4.78 is 40.3. The fourth-order valence-electron chi connectivity index (χ4n) is 4.36. The van der Waals surface area contributed by atoms with Crippen molar-refractivity contribution < 1.29 is 22.4 Å². The molecule has 1 aromatic heterocycles. The van der Waals surface area contributed by atoms with E-state index in [-0.39, 0.29) is 29.7 Å². The number of carbonyl (C=O) groups excluding carboxylic acids is 2. The van der Waals surface area contributed by atoms with E-state index in [1.807, 2.05) is 36.4 Å². The molecular weight excluding hydrogens is 525 g/mol. The Bertz CT molecular complexity index is 1550. The number of halogens is 1. The van der Waals surface area contributed by atoms with Gasteiger partial charge in [-0.1, -0.05) is 72.0 Å². The zero-order valence-electron chi connectivity index (χ0n) is 20.2. The van der Waals surface area contributed by atoms with Crippen molar-refractivity contribution in [2.75, 3.05) is 18.4 Å². The second-order valence-electron chi connectivity index (χ2n) is 8.88. The molecule has 0 atom stereocenters. The van der Waals surface area contributed by atoms with E-state index >= 15 is 0 Å². The smallest absolute Gasteiger partial charge is 0.243 e. The summed E-state index contributed by atoms with van der Waals surface area (Å²) in [6.45, 7) is 0.339. The molecule has 1 amide bonds. The van der Waals surface area contributed by atoms with Crippen LogP contribution in [0.5, 0.6) is 0 Å². The van der Waals surface area contributed by atoms with E-state index in [4.69, 9.17) is 0 Å². The first-order chi connectivity index (χ1) is 18.3. The summed E-state index contributed by atoms with van der Waals surface area (Å²) >= 11 is 1.12. The standard InChI is InChI=1S/C28H24FN3O4S2/c29-22-11-13-23(14-12-22)38(35,36)32-17-15-21(16-18-32)27(34)31-28-30-24(19-7-3-1-4-8-19)26(37-28)25(33)20-9-5-2-6-10-20/h1-14,21H,15-18H2,(H,30,31,34). The van der Waals surface area contributed by atoms with Gasteiger partial charge in [0.25, 0.3) is 0 Å². The first-order valence-electron chi connectivity index (χ1n) is 12.1. The predicted molar refractivity (Wildman–Crippen MR) is 144 cm³/mol. The predicted octanol–water partition coefficient (Wildman–Crippen LogP) is 5.22. The number of nitrogens with zero attached hydrogens (tertiary/aromatic N) is 2. The van der Waals surface area contributed by atoms with E-state index < -0.39 is 21.8 Å². The van der Waals surface area contributed by atoms with Crippen LogP contribution in [0.2, 0.25) is 0 Å². The number of hydrogen-bond acceptors (Lipinski definition) is 6. The third-order valence-electron chi connectivity index (χ3n) is 6.42. The lowest BCUT2D eigenvalue weighted by atomic mass is 9.97. The van der Waals surface area contributed by atoms with Gasteiger partial charge in [0.2, 0.25) is 21.7 Å². The molecule has 0 unspecified atom stereocenters. The molecule has 2 heterocycles. The molecule has 1 fully saturated rings. The first kappa shape index (κ1) is 25.9. The molecule has 1 aliphatic heterocycles. The van der Waals surface area contributed by atoms with Crippen LogP contribution < -0.4 is 5.32 Å². The van der Waals surface area contributed by atoms with Gasteiger partial charge < -0.3 is 5.32 Å². The molecule has 1 saturated heterocycles. The second kappa shape index (κ2) is 10.9. The summed E-state index contributed by atoms with van der Waals surface area (Å²) in [6, 6.07) is 22.9. The minimum Gasteiger partial charge on any atom is -0.302 e. The Morgan fingerprint density at radius 3 is 2.13 bits per heavy atom. The SMILES string of the molecule is O=C(c1ccccc1)c1sc(NC(=O)C2CCN(S(=O)(=O)c3ccc(F)cc3)CC2)nc1-c1ccccc1. The third kappa shape index (κ3) is 5.42. The van der Waals surface area contributed by atoms with Crippen molar-refractivity contribution in [3.05, 3.63) is 101 Å². The summed E-state index contributed by atoms with van der Waals surface area (Å²) in [6.07, 6.45) is 0.665. The average Bonchev–Trinajstić information content (AvgIpc) is 3.37. The zero-order valence-corrected chi connectivity index (χ0v) is 21.8. The average molecular weight is 550 g/mol. The maximum atomic E-state index is 13.3. The number of thiazole rings is 1. The van der Waals surface area contributed by atoms with Gasteiger partial charge in [0, 0.05) is 30.1 Å². The lowest BCUT2D eigenvalue weighted by molar-refractivity contribution is -0.120. The highest BCUT2D eigenvalue weighted by atomic mass is 32.2. The summed E-state index contributed by atoms with van der Waals surface area (Å²) in [5.41, 5.74) is 1.80. The molecule has 0 spiro atoms. The number of carbonyl (C=O) groups is 2. The van der Waals surface area contributed by atoms with Gasteiger partial charge in [-0.3, -0.25) is 9.59 Å². The Morgan fingerprint density at radius 1 is 0.895 bits per heavy atom. The molecule has 10 heteroatoms. The van der Waals surface area contributed by atoms with Gasteiger partial charge >= 0.3 is 0 Å². The number of benzene rings is 3. The molecular formula is C28H24FN3O4S2. The topological polar surface area (TPSA) is 96.4 Å². The van der Waals surface area contributed by atoms with E-state index in [1.54, 1.807) is 24.3 Å². The molecule has 0 saturated carbocycles. The molecule has 7 nitrogen and oxygen atoms in total. The molecule has 194 valence electrons. The zero-order chi connectivity index (χ0) is 26.7. The summed E-state index contributed by atoms with van der Waals surface area (Å²) in [7, 11) is -3.77. The van der Waals surface area contributed by atoms with Crippen molar-refractivity contribution in [3.8, 4) is 11.3 Å². The highest BCUT2D eigenvalue weighted by molar-refractivity contribution is 7.89. The Labute approximate surface area is 224 Å². The number of hydrogen-bond donors (Lipinski definition) is 1. The number of ketones is 1. The van der Waals surface area contributed by atoms with E-state index in [0.717, 1.165) is 29.0 Å². The molecule has 1 aliphatic rings. The number of amides is 1. The first-order valence-corrected chi connectivity index (χ1v) is 14.3. The van der Waals surface area contributed by atoms with Crippen LogP contribution in [0.1, 0.15) is 28.1 Å². The van der Waals surface area contributed by atoms with Crippen molar-refractivity contribution in [3.63, 3.8) is 0 Å². The Hall–Kier alpha value is -3.73.